The lowest BCUT2D eigenvalue weighted by atomic mass is 10.4. The van der Waals surface area contributed by atoms with Gasteiger partial charge in [-0.05, 0) is 28.7 Å². The maximum absolute atomic E-state index is 5.92. The number of halogens is 3. The summed E-state index contributed by atoms with van der Waals surface area (Å²) in [4.78, 5) is 3.99. The van der Waals surface area contributed by atoms with E-state index in [0.29, 0.717) is 15.8 Å². The van der Waals surface area contributed by atoms with Crippen molar-refractivity contribution < 1.29 is 0 Å². The quantitative estimate of drug-likeness (QED) is 0.600. The van der Waals surface area contributed by atoms with E-state index in [9.17, 15) is 0 Å². The van der Waals surface area contributed by atoms with Gasteiger partial charge in [-0.1, -0.05) is 23.2 Å². The number of nitrogens with one attached hydrogen (secondary N) is 1. The maximum Gasteiger partial charge on any atom is 0.184 e. The third-order valence-electron chi connectivity index (χ3n) is 1.40. The molecular weight excluding hydrogens is 312 g/mol. The zero-order chi connectivity index (χ0) is 8.72. The Bertz CT molecular complexity index is 440. The fourth-order valence-electron chi connectivity index (χ4n) is 0.915. The molecule has 0 radical (unpaired) electrons. The van der Waals surface area contributed by atoms with Gasteiger partial charge in [-0.25, -0.2) is 4.98 Å². The lowest BCUT2D eigenvalue weighted by molar-refractivity contribution is 1.08. The molecule has 0 fully saturated rings. The second-order valence-corrected chi connectivity index (χ2v) is 4.04. The van der Waals surface area contributed by atoms with Gasteiger partial charge in [-0.2, -0.15) is 5.10 Å². The Morgan fingerprint density at radius 2 is 2.17 bits per heavy atom. The van der Waals surface area contributed by atoms with Crippen molar-refractivity contribution in [3.8, 4) is 0 Å². The van der Waals surface area contributed by atoms with Crippen LogP contribution in [-0.4, -0.2) is 15.2 Å². The monoisotopic (exact) mass is 313 g/mol. The predicted octanol–water partition coefficient (Wildman–Crippen LogP) is 2.87. The number of hydrogen-bond donors (Lipinski definition) is 1. The molecule has 0 spiro atoms. The minimum absolute atomic E-state index is 0.357. The Kier molecular flexibility index (Phi) is 2.14. The molecule has 0 saturated heterocycles. The number of nitrogens with zero attached hydrogens (tertiary/aromatic N) is 2. The lowest BCUT2D eigenvalue weighted by Gasteiger charge is -1.93. The summed E-state index contributed by atoms with van der Waals surface area (Å²) < 4.78 is 0.872. The van der Waals surface area contributed by atoms with Crippen LogP contribution >= 0.6 is 45.8 Å². The van der Waals surface area contributed by atoms with Crippen LogP contribution in [0.5, 0.6) is 0 Å². The summed E-state index contributed by atoms with van der Waals surface area (Å²) in [6, 6.07) is 1.60. The molecule has 1 N–H and O–H groups in total. The van der Waals surface area contributed by atoms with Gasteiger partial charge < -0.3 is 0 Å². The van der Waals surface area contributed by atoms with Crippen molar-refractivity contribution in [2.24, 2.45) is 0 Å². The van der Waals surface area contributed by atoms with Crippen LogP contribution in [0.1, 0.15) is 0 Å². The first-order chi connectivity index (χ1) is 5.68. The Labute approximate surface area is 91.6 Å². The third kappa shape index (κ3) is 1.27. The first-order valence-electron chi connectivity index (χ1n) is 3.04. The fourth-order valence-corrected chi connectivity index (χ4v) is 2.25. The number of pyridine rings is 1. The summed E-state index contributed by atoms with van der Waals surface area (Å²) in [6.45, 7) is 0. The van der Waals surface area contributed by atoms with E-state index in [1.165, 1.54) is 0 Å². The van der Waals surface area contributed by atoms with Crippen LogP contribution in [0, 0.1) is 3.70 Å². The van der Waals surface area contributed by atoms with Gasteiger partial charge in [0.1, 0.15) is 8.85 Å². The predicted molar refractivity (Wildman–Crippen MR) is 56.6 cm³/mol. The normalized spacial score (nSPS) is 10.9. The molecule has 0 aliphatic carbocycles. The van der Waals surface area contributed by atoms with Crippen LogP contribution in [0.25, 0.3) is 11.0 Å². The van der Waals surface area contributed by atoms with Gasteiger partial charge in [0.15, 0.2) is 5.65 Å². The molecule has 12 heavy (non-hydrogen) atoms. The molecule has 2 aromatic heterocycles. The molecule has 2 rings (SSSR count). The largest absolute Gasteiger partial charge is 0.269 e. The summed E-state index contributed by atoms with van der Waals surface area (Å²) >= 11 is 13.7. The Balaban J connectivity index is 2.93. The SMILES string of the molecule is Clc1cc(Cl)c2c(I)[nH]nc2n1. The fraction of sp³-hybridized carbons (Fsp3) is 0. The first kappa shape index (κ1) is 8.52. The number of aromatic nitrogens is 3. The molecule has 0 saturated carbocycles. The lowest BCUT2D eigenvalue weighted by Crippen LogP contribution is -1.78. The molecule has 0 aliphatic rings. The highest BCUT2D eigenvalue weighted by atomic mass is 127. The number of rotatable bonds is 0. The highest BCUT2D eigenvalue weighted by molar-refractivity contribution is 14.1. The van der Waals surface area contributed by atoms with Crippen molar-refractivity contribution in [2.45, 2.75) is 0 Å². The molecular formula is C6H2Cl2IN3. The number of H-pyrrole nitrogens is 1. The number of hydrogen-bond acceptors (Lipinski definition) is 2. The van der Waals surface area contributed by atoms with Crippen molar-refractivity contribution in [1.29, 1.82) is 0 Å². The van der Waals surface area contributed by atoms with Crippen LogP contribution < -0.4 is 0 Å². The Hall–Kier alpha value is -0.0700. The van der Waals surface area contributed by atoms with Crippen molar-refractivity contribution in [3.63, 3.8) is 0 Å². The van der Waals surface area contributed by atoms with E-state index in [4.69, 9.17) is 23.2 Å². The second-order valence-electron chi connectivity index (χ2n) is 2.16. The molecule has 0 aliphatic heterocycles. The van der Waals surface area contributed by atoms with E-state index in [2.05, 4.69) is 37.8 Å². The summed E-state index contributed by atoms with van der Waals surface area (Å²) in [7, 11) is 0. The van der Waals surface area contributed by atoms with Crippen molar-refractivity contribution >= 4 is 56.8 Å². The standard InChI is InChI=1S/C6H2Cl2IN3/c7-2-1-3(8)10-6-4(2)5(9)11-12-6/h1H,(H,10,11,12). The van der Waals surface area contributed by atoms with Gasteiger partial charge in [0, 0.05) is 0 Å². The highest BCUT2D eigenvalue weighted by Crippen LogP contribution is 2.27. The van der Waals surface area contributed by atoms with E-state index in [1.54, 1.807) is 6.07 Å². The molecule has 3 nitrogen and oxygen atoms in total. The average molecular weight is 314 g/mol. The van der Waals surface area contributed by atoms with Crippen LogP contribution in [-0.2, 0) is 0 Å². The van der Waals surface area contributed by atoms with E-state index >= 15 is 0 Å². The van der Waals surface area contributed by atoms with Crippen LogP contribution in [0.3, 0.4) is 0 Å². The van der Waals surface area contributed by atoms with Gasteiger partial charge in [0.25, 0.3) is 0 Å². The van der Waals surface area contributed by atoms with Crippen molar-refractivity contribution in [2.75, 3.05) is 0 Å². The van der Waals surface area contributed by atoms with Crippen molar-refractivity contribution in [3.05, 3.63) is 19.9 Å². The minimum atomic E-state index is 0.357. The third-order valence-corrected chi connectivity index (χ3v) is 2.67. The smallest absolute Gasteiger partial charge is 0.184 e. The van der Waals surface area contributed by atoms with Crippen LogP contribution in [0.4, 0.5) is 0 Å². The number of aromatic amines is 1. The van der Waals surface area contributed by atoms with Gasteiger partial charge >= 0.3 is 0 Å². The van der Waals surface area contributed by atoms with Gasteiger partial charge in [0.05, 0.1) is 10.4 Å². The zero-order valence-electron chi connectivity index (χ0n) is 5.61. The zero-order valence-corrected chi connectivity index (χ0v) is 9.28. The molecule has 62 valence electrons. The summed E-state index contributed by atoms with van der Waals surface area (Å²) in [5.74, 6) is 0. The molecule has 2 aromatic rings. The molecule has 0 amide bonds. The number of fused-ring (bicyclic) bond motifs is 1. The van der Waals surface area contributed by atoms with E-state index in [0.717, 1.165) is 9.09 Å². The van der Waals surface area contributed by atoms with Crippen LogP contribution in [0.2, 0.25) is 10.2 Å². The topological polar surface area (TPSA) is 41.6 Å². The van der Waals surface area contributed by atoms with Gasteiger partial charge in [0.2, 0.25) is 0 Å². The second kappa shape index (κ2) is 3.01. The first-order valence-corrected chi connectivity index (χ1v) is 4.87. The molecule has 6 heteroatoms. The van der Waals surface area contributed by atoms with Gasteiger partial charge in [-0.3, -0.25) is 5.10 Å². The summed E-state index contributed by atoms with van der Waals surface area (Å²) in [5.41, 5.74) is 0.553. The minimum Gasteiger partial charge on any atom is -0.269 e. The van der Waals surface area contributed by atoms with Gasteiger partial charge in [-0.15, -0.1) is 0 Å². The summed E-state index contributed by atoms with van der Waals surface area (Å²) in [6.07, 6.45) is 0. The maximum atomic E-state index is 5.92. The van der Waals surface area contributed by atoms with E-state index in [-0.39, 0.29) is 0 Å². The Morgan fingerprint density at radius 3 is 2.92 bits per heavy atom. The average Bonchev–Trinajstić information content (AvgIpc) is 2.31. The highest BCUT2D eigenvalue weighted by Gasteiger charge is 2.08. The van der Waals surface area contributed by atoms with E-state index < -0.39 is 0 Å². The molecule has 0 atom stereocenters. The van der Waals surface area contributed by atoms with Crippen molar-refractivity contribution in [1.82, 2.24) is 15.2 Å². The Morgan fingerprint density at radius 1 is 1.42 bits per heavy atom. The van der Waals surface area contributed by atoms with E-state index in [1.807, 2.05) is 0 Å². The molecule has 2 heterocycles. The molecule has 0 unspecified atom stereocenters. The summed E-state index contributed by atoms with van der Waals surface area (Å²) in [5, 5.41) is 8.45. The molecule has 0 aromatic carbocycles. The van der Waals surface area contributed by atoms with Crippen LogP contribution in [0.15, 0.2) is 6.07 Å². The molecule has 0 bridgehead atoms.